The van der Waals surface area contributed by atoms with Gasteiger partial charge in [0.2, 0.25) is 0 Å². The molecule has 3 rings (SSSR count). The van der Waals surface area contributed by atoms with Crippen molar-refractivity contribution in [2.75, 3.05) is 0 Å². The Balaban J connectivity index is 1.97. The molecule has 0 atom stereocenters. The standard InChI is InChI=1S/C19H15FO4/c1-19(2)23-17(21)15(18(22)24-19)11-12-6-5-7-13(10-12)14-8-3-4-9-16(14)20/h3-11H,1-2H3. The van der Waals surface area contributed by atoms with Gasteiger partial charge in [0.05, 0.1) is 0 Å². The number of halogens is 1. The lowest BCUT2D eigenvalue weighted by molar-refractivity contribution is -0.222. The van der Waals surface area contributed by atoms with Crippen LogP contribution >= 0.6 is 0 Å². The van der Waals surface area contributed by atoms with Crippen molar-refractivity contribution in [2.24, 2.45) is 0 Å². The van der Waals surface area contributed by atoms with Crippen LogP contribution in [-0.2, 0) is 19.1 Å². The minimum Gasteiger partial charge on any atom is -0.419 e. The van der Waals surface area contributed by atoms with Gasteiger partial charge in [-0.05, 0) is 29.3 Å². The second-order valence-corrected chi connectivity index (χ2v) is 5.84. The van der Waals surface area contributed by atoms with Crippen LogP contribution in [0, 0.1) is 5.82 Å². The summed E-state index contributed by atoms with van der Waals surface area (Å²) in [7, 11) is 0. The van der Waals surface area contributed by atoms with Gasteiger partial charge in [-0.25, -0.2) is 14.0 Å². The van der Waals surface area contributed by atoms with Crippen molar-refractivity contribution in [3.8, 4) is 11.1 Å². The smallest absolute Gasteiger partial charge is 0.348 e. The summed E-state index contributed by atoms with van der Waals surface area (Å²) in [5, 5.41) is 0. The number of cyclic esters (lactones) is 2. The predicted octanol–water partition coefficient (Wildman–Crippen LogP) is 3.71. The molecule has 0 bridgehead atoms. The van der Waals surface area contributed by atoms with Crippen LogP contribution < -0.4 is 0 Å². The zero-order valence-corrected chi connectivity index (χ0v) is 13.2. The van der Waals surface area contributed by atoms with Gasteiger partial charge < -0.3 is 9.47 Å². The summed E-state index contributed by atoms with van der Waals surface area (Å²) in [6, 6.07) is 13.2. The fraction of sp³-hybridized carbons (Fsp3) is 0.158. The van der Waals surface area contributed by atoms with E-state index in [1.165, 1.54) is 26.0 Å². The van der Waals surface area contributed by atoms with Gasteiger partial charge >= 0.3 is 11.9 Å². The summed E-state index contributed by atoms with van der Waals surface area (Å²) in [6.07, 6.45) is 1.38. The van der Waals surface area contributed by atoms with Crippen molar-refractivity contribution < 1.29 is 23.5 Å². The lowest BCUT2D eigenvalue weighted by Gasteiger charge is -2.29. The lowest BCUT2D eigenvalue weighted by Crippen LogP contribution is -2.41. The van der Waals surface area contributed by atoms with Crippen LogP contribution in [0.4, 0.5) is 4.39 Å². The van der Waals surface area contributed by atoms with Gasteiger partial charge in [0.15, 0.2) is 0 Å². The molecule has 1 aliphatic rings. The van der Waals surface area contributed by atoms with Crippen molar-refractivity contribution in [2.45, 2.75) is 19.6 Å². The van der Waals surface area contributed by atoms with Gasteiger partial charge in [0.25, 0.3) is 5.79 Å². The van der Waals surface area contributed by atoms with Crippen LogP contribution in [0.15, 0.2) is 54.1 Å². The summed E-state index contributed by atoms with van der Waals surface area (Å²) >= 11 is 0. The summed E-state index contributed by atoms with van der Waals surface area (Å²) in [6.45, 7) is 2.97. The Labute approximate surface area is 138 Å². The van der Waals surface area contributed by atoms with Crippen molar-refractivity contribution in [3.63, 3.8) is 0 Å². The maximum atomic E-state index is 13.9. The van der Waals surface area contributed by atoms with E-state index in [1.807, 2.05) is 0 Å². The molecule has 5 heteroatoms. The number of benzene rings is 2. The first-order chi connectivity index (χ1) is 11.4. The van der Waals surface area contributed by atoms with E-state index in [9.17, 15) is 14.0 Å². The Kier molecular flexibility index (Phi) is 3.93. The van der Waals surface area contributed by atoms with E-state index >= 15 is 0 Å². The molecule has 2 aromatic carbocycles. The van der Waals surface area contributed by atoms with Crippen LogP contribution in [0.3, 0.4) is 0 Å². The third-order valence-electron chi connectivity index (χ3n) is 3.50. The quantitative estimate of drug-likeness (QED) is 0.479. The molecule has 0 aliphatic carbocycles. The summed E-state index contributed by atoms with van der Waals surface area (Å²) < 4.78 is 24.0. The topological polar surface area (TPSA) is 52.6 Å². The molecule has 0 spiro atoms. The highest BCUT2D eigenvalue weighted by Crippen LogP contribution is 2.27. The molecule has 0 N–H and O–H groups in total. The van der Waals surface area contributed by atoms with Gasteiger partial charge in [-0.15, -0.1) is 0 Å². The Morgan fingerprint density at radius 1 is 0.958 bits per heavy atom. The fourth-order valence-electron chi connectivity index (χ4n) is 2.44. The van der Waals surface area contributed by atoms with Gasteiger partial charge in [0.1, 0.15) is 11.4 Å². The third-order valence-corrected chi connectivity index (χ3v) is 3.50. The molecular weight excluding hydrogens is 311 g/mol. The molecule has 1 fully saturated rings. The predicted molar refractivity (Wildman–Crippen MR) is 86.1 cm³/mol. The Hall–Kier alpha value is -2.95. The van der Waals surface area contributed by atoms with Crippen LogP contribution in [0.25, 0.3) is 17.2 Å². The highest BCUT2D eigenvalue weighted by molar-refractivity contribution is 6.18. The van der Waals surface area contributed by atoms with E-state index in [0.29, 0.717) is 16.7 Å². The van der Waals surface area contributed by atoms with E-state index in [1.54, 1.807) is 42.5 Å². The first-order valence-electron chi connectivity index (χ1n) is 7.39. The molecule has 0 radical (unpaired) electrons. The number of hydrogen-bond acceptors (Lipinski definition) is 4. The molecule has 24 heavy (non-hydrogen) atoms. The lowest BCUT2D eigenvalue weighted by atomic mass is 10.0. The Morgan fingerprint density at radius 3 is 2.29 bits per heavy atom. The largest absolute Gasteiger partial charge is 0.419 e. The number of rotatable bonds is 2. The zero-order valence-electron chi connectivity index (χ0n) is 13.2. The first-order valence-corrected chi connectivity index (χ1v) is 7.39. The Bertz CT molecular complexity index is 830. The van der Waals surface area contributed by atoms with Gasteiger partial charge in [0, 0.05) is 19.4 Å². The molecule has 1 saturated heterocycles. The minimum absolute atomic E-state index is 0.194. The van der Waals surface area contributed by atoms with Crippen LogP contribution in [-0.4, -0.2) is 17.7 Å². The van der Waals surface area contributed by atoms with Gasteiger partial charge in [-0.2, -0.15) is 0 Å². The Morgan fingerprint density at radius 2 is 1.62 bits per heavy atom. The SMILES string of the molecule is CC1(C)OC(=O)C(=Cc2cccc(-c3ccccc3F)c2)C(=O)O1. The number of carbonyl (C=O) groups is 2. The van der Waals surface area contributed by atoms with Crippen molar-refractivity contribution in [3.05, 3.63) is 65.5 Å². The molecule has 2 aromatic rings. The molecule has 0 amide bonds. The first kappa shape index (κ1) is 15.9. The van der Waals surface area contributed by atoms with E-state index in [2.05, 4.69) is 0 Å². The fourth-order valence-corrected chi connectivity index (χ4v) is 2.44. The average Bonchev–Trinajstić information content (AvgIpc) is 2.51. The van der Waals surface area contributed by atoms with Crippen LogP contribution in [0.5, 0.6) is 0 Å². The summed E-state index contributed by atoms with van der Waals surface area (Å²) in [4.78, 5) is 24.0. The molecule has 1 heterocycles. The van der Waals surface area contributed by atoms with E-state index < -0.39 is 17.7 Å². The highest BCUT2D eigenvalue weighted by Gasteiger charge is 2.38. The second-order valence-electron chi connectivity index (χ2n) is 5.84. The maximum absolute atomic E-state index is 13.9. The van der Waals surface area contributed by atoms with Crippen LogP contribution in [0.2, 0.25) is 0 Å². The second kappa shape index (κ2) is 5.92. The molecule has 4 nitrogen and oxygen atoms in total. The molecule has 0 aromatic heterocycles. The maximum Gasteiger partial charge on any atom is 0.348 e. The normalized spacial score (nSPS) is 16.4. The zero-order chi connectivity index (χ0) is 17.3. The monoisotopic (exact) mass is 326 g/mol. The van der Waals surface area contributed by atoms with Crippen molar-refractivity contribution >= 4 is 18.0 Å². The van der Waals surface area contributed by atoms with E-state index in [-0.39, 0.29) is 11.4 Å². The highest BCUT2D eigenvalue weighted by atomic mass is 19.1. The summed E-state index contributed by atoms with van der Waals surface area (Å²) in [5.74, 6) is -3.11. The number of ether oxygens (including phenoxy) is 2. The molecule has 1 aliphatic heterocycles. The molecule has 122 valence electrons. The number of hydrogen-bond donors (Lipinski definition) is 0. The van der Waals surface area contributed by atoms with E-state index in [4.69, 9.17) is 9.47 Å². The van der Waals surface area contributed by atoms with Gasteiger partial charge in [-0.1, -0.05) is 36.4 Å². The van der Waals surface area contributed by atoms with Gasteiger partial charge in [-0.3, -0.25) is 0 Å². The van der Waals surface area contributed by atoms with Crippen molar-refractivity contribution in [1.82, 2.24) is 0 Å². The number of carbonyl (C=O) groups excluding carboxylic acids is 2. The summed E-state index contributed by atoms with van der Waals surface area (Å²) in [5.41, 5.74) is 1.45. The van der Waals surface area contributed by atoms with Crippen LogP contribution in [0.1, 0.15) is 19.4 Å². The number of esters is 2. The van der Waals surface area contributed by atoms with Crippen molar-refractivity contribution in [1.29, 1.82) is 0 Å². The average molecular weight is 326 g/mol. The van der Waals surface area contributed by atoms with E-state index in [0.717, 1.165) is 0 Å². The third kappa shape index (κ3) is 3.20. The minimum atomic E-state index is -1.28. The molecule has 0 unspecified atom stereocenters. The molecule has 0 saturated carbocycles. The molecular formula is C19H15FO4.